The van der Waals surface area contributed by atoms with E-state index in [1.807, 2.05) is 0 Å². The molecule has 1 N–H and O–H groups in total. The first kappa shape index (κ1) is 8.96. The van der Waals surface area contributed by atoms with E-state index < -0.39 is 5.82 Å². The molecular formula is C11H7FN4. The Morgan fingerprint density at radius 3 is 2.69 bits per heavy atom. The van der Waals surface area contributed by atoms with Crippen molar-refractivity contribution in [1.29, 1.82) is 0 Å². The second-order valence-electron chi connectivity index (χ2n) is 3.33. The molecule has 0 atom stereocenters. The molecule has 4 nitrogen and oxygen atoms in total. The van der Waals surface area contributed by atoms with Gasteiger partial charge in [-0.3, -0.25) is 9.97 Å². The Morgan fingerprint density at radius 2 is 1.88 bits per heavy atom. The minimum Gasteiger partial charge on any atom is -0.337 e. The topological polar surface area (TPSA) is 54.5 Å². The van der Waals surface area contributed by atoms with Gasteiger partial charge < -0.3 is 4.98 Å². The lowest BCUT2D eigenvalue weighted by Crippen LogP contribution is -1.86. The lowest BCUT2D eigenvalue weighted by atomic mass is 10.2. The molecule has 0 fully saturated rings. The standard InChI is InChI=1S/C11H7FN4/c12-8-5-13-3-1-7(8)11-15-9-2-4-14-6-10(9)16-11/h1-6H,(H,15,16). The molecule has 3 aromatic rings. The van der Waals surface area contributed by atoms with Gasteiger partial charge in [0.05, 0.1) is 29.0 Å². The highest BCUT2D eigenvalue weighted by Crippen LogP contribution is 2.21. The van der Waals surface area contributed by atoms with Crippen LogP contribution in [0.4, 0.5) is 4.39 Å². The number of hydrogen-bond acceptors (Lipinski definition) is 3. The van der Waals surface area contributed by atoms with Crippen LogP contribution in [-0.4, -0.2) is 19.9 Å². The maximum absolute atomic E-state index is 13.5. The summed E-state index contributed by atoms with van der Waals surface area (Å²) in [6.07, 6.45) is 6.01. The second-order valence-corrected chi connectivity index (χ2v) is 3.33. The van der Waals surface area contributed by atoms with Crippen molar-refractivity contribution in [3.05, 3.63) is 42.7 Å². The largest absolute Gasteiger partial charge is 0.337 e. The van der Waals surface area contributed by atoms with Gasteiger partial charge in [-0.25, -0.2) is 9.37 Å². The van der Waals surface area contributed by atoms with Crippen molar-refractivity contribution in [3.63, 3.8) is 0 Å². The predicted molar refractivity (Wildman–Crippen MR) is 57.1 cm³/mol. The Balaban J connectivity index is 2.23. The molecule has 78 valence electrons. The fourth-order valence-electron chi connectivity index (χ4n) is 1.55. The molecule has 0 amide bonds. The van der Waals surface area contributed by atoms with E-state index >= 15 is 0 Å². The molecule has 0 saturated heterocycles. The van der Waals surface area contributed by atoms with Crippen LogP contribution in [0.2, 0.25) is 0 Å². The first-order valence-corrected chi connectivity index (χ1v) is 4.74. The molecule has 0 spiro atoms. The van der Waals surface area contributed by atoms with Crippen LogP contribution in [0.25, 0.3) is 22.4 Å². The number of aromatic nitrogens is 4. The Labute approximate surface area is 90.2 Å². The number of imidazole rings is 1. The van der Waals surface area contributed by atoms with Crippen LogP contribution in [-0.2, 0) is 0 Å². The molecule has 0 unspecified atom stereocenters. The van der Waals surface area contributed by atoms with E-state index in [4.69, 9.17) is 0 Å². The predicted octanol–water partition coefficient (Wildman–Crippen LogP) is 2.16. The fraction of sp³-hybridized carbons (Fsp3) is 0. The normalized spacial score (nSPS) is 10.8. The van der Waals surface area contributed by atoms with E-state index in [2.05, 4.69) is 19.9 Å². The van der Waals surface area contributed by atoms with Crippen LogP contribution in [0.1, 0.15) is 0 Å². The summed E-state index contributed by atoms with van der Waals surface area (Å²) < 4.78 is 13.5. The van der Waals surface area contributed by atoms with Gasteiger partial charge in [-0.2, -0.15) is 0 Å². The smallest absolute Gasteiger partial charge is 0.152 e. The highest BCUT2D eigenvalue weighted by molar-refractivity contribution is 5.78. The van der Waals surface area contributed by atoms with Crippen molar-refractivity contribution in [2.24, 2.45) is 0 Å². The molecule has 0 aliphatic carbocycles. The quantitative estimate of drug-likeness (QED) is 0.675. The summed E-state index contributed by atoms with van der Waals surface area (Å²) in [5.41, 5.74) is 1.96. The highest BCUT2D eigenvalue weighted by atomic mass is 19.1. The number of pyridine rings is 2. The number of fused-ring (bicyclic) bond motifs is 1. The molecule has 0 aliphatic heterocycles. The average molecular weight is 214 g/mol. The molecule has 0 radical (unpaired) electrons. The fourth-order valence-corrected chi connectivity index (χ4v) is 1.55. The van der Waals surface area contributed by atoms with Crippen LogP contribution < -0.4 is 0 Å². The van der Waals surface area contributed by atoms with Crippen LogP contribution in [0.3, 0.4) is 0 Å². The molecule has 0 bridgehead atoms. The van der Waals surface area contributed by atoms with Crippen molar-refractivity contribution in [3.8, 4) is 11.4 Å². The summed E-state index contributed by atoms with van der Waals surface area (Å²) in [7, 11) is 0. The number of halogens is 1. The summed E-state index contributed by atoms with van der Waals surface area (Å²) in [5, 5.41) is 0. The minimum absolute atomic E-state index is 0.394. The van der Waals surface area contributed by atoms with Gasteiger partial charge in [0.25, 0.3) is 0 Å². The zero-order chi connectivity index (χ0) is 11.0. The average Bonchev–Trinajstić information content (AvgIpc) is 2.73. The number of hydrogen-bond donors (Lipinski definition) is 1. The van der Waals surface area contributed by atoms with E-state index in [1.54, 1.807) is 24.5 Å². The van der Waals surface area contributed by atoms with Crippen molar-refractivity contribution in [2.45, 2.75) is 0 Å². The van der Waals surface area contributed by atoms with Gasteiger partial charge in [0.2, 0.25) is 0 Å². The van der Waals surface area contributed by atoms with Gasteiger partial charge >= 0.3 is 0 Å². The van der Waals surface area contributed by atoms with Crippen molar-refractivity contribution in [1.82, 2.24) is 19.9 Å². The lowest BCUT2D eigenvalue weighted by molar-refractivity contribution is 0.624. The summed E-state index contributed by atoms with van der Waals surface area (Å²) in [4.78, 5) is 15.0. The molecule has 0 saturated carbocycles. The van der Waals surface area contributed by atoms with Crippen molar-refractivity contribution < 1.29 is 4.39 Å². The van der Waals surface area contributed by atoms with Gasteiger partial charge in [-0.1, -0.05) is 0 Å². The molecule has 5 heteroatoms. The monoisotopic (exact) mass is 214 g/mol. The third-order valence-electron chi connectivity index (χ3n) is 2.31. The molecule has 0 aliphatic rings. The van der Waals surface area contributed by atoms with Crippen LogP contribution in [0.5, 0.6) is 0 Å². The van der Waals surface area contributed by atoms with Crippen LogP contribution >= 0.6 is 0 Å². The van der Waals surface area contributed by atoms with Gasteiger partial charge in [-0.05, 0) is 12.1 Å². The molecule has 16 heavy (non-hydrogen) atoms. The van der Waals surface area contributed by atoms with Gasteiger partial charge in [0.1, 0.15) is 5.82 Å². The maximum atomic E-state index is 13.5. The Kier molecular flexibility index (Phi) is 1.89. The number of aromatic amines is 1. The third kappa shape index (κ3) is 1.33. The van der Waals surface area contributed by atoms with Crippen molar-refractivity contribution >= 4 is 11.0 Å². The summed E-state index contributed by atoms with van der Waals surface area (Å²) in [5.74, 6) is 0.0948. The van der Waals surface area contributed by atoms with E-state index in [1.165, 1.54) is 12.4 Å². The molecule has 3 rings (SSSR count). The number of nitrogens with zero attached hydrogens (tertiary/aromatic N) is 3. The number of rotatable bonds is 1. The summed E-state index contributed by atoms with van der Waals surface area (Å²) in [6.45, 7) is 0. The molecule has 3 heterocycles. The molecule has 0 aromatic carbocycles. The van der Waals surface area contributed by atoms with E-state index in [0.29, 0.717) is 11.4 Å². The van der Waals surface area contributed by atoms with Crippen molar-refractivity contribution in [2.75, 3.05) is 0 Å². The zero-order valence-electron chi connectivity index (χ0n) is 8.18. The number of H-pyrrole nitrogens is 1. The third-order valence-corrected chi connectivity index (χ3v) is 2.31. The lowest BCUT2D eigenvalue weighted by Gasteiger charge is -1.96. The second kappa shape index (κ2) is 3.37. The minimum atomic E-state index is -0.394. The maximum Gasteiger partial charge on any atom is 0.152 e. The molecular weight excluding hydrogens is 207 g/mol. The van der Waals surface area contributed by atoms with Crippen LogP contribution in [0.15, 0.2) is 36.9 Å². The Hall–Kier alpha value is -2.30. The molecule has 3 aromatic heterocycles. The number of nitrogens with one attached hydrogen (secondary N) is 1. The van der Waals surface area contributed by atoms with E-state index in [0.717, 1.165) is 11.0 Å². The summed E-state index contributed by atoms with van der Waals surface area (Å²) >= 11 is 0. The van der Waals surface area contributed by atoms with Gasteiger partial charge in [0.15, 0.2) is 5.82 Å². The first-order valence-electron chi connectivity index (χ1n) is 4.74. The zero-order valence-corrected chi connectivity index (χ0v) is 8.18. The van der Waals surface area contributed by atoms with E-state index in [9.17, 15) is 4.39 Å². The van der Waals surface area contributed by atoms with Gasteiger partial charge in [-0.15, -0.1) is 0 Å². The highest BCUT2D eigenvalue weighted by Gasteiger charge is 2.09. The van der Waals surface area contributed by atoms with Crippen LogP contribution in [0, 0.1) is 5.82 Å². The summed E-state index contributed by atoms with van der Waals surface area (Å²) in [6, 6.07) is 3.36. The first-order chi connectivity index (χ1) is 7.84. The van der Waals surface area contributed by atoms with Gasteiger partial charge in [0, 0.05) is 12.4 Å². The SMILES string of the molecule is Fc1cnccc1-c1nc2ccncc2[nH]1. The Bertz CT molecular complexity index is 614. The van der Waals surface area contributed by atoms with E-state index in [-0.39, 0.29) is 0 Å². The Morgan fingerprint density at radius 1 is 1.06 bits per heavy atom.